The molecule has 2 rings (SSSR count). The van der Waals surface area contributed by atoms with Crippen LogP contribution in [-0.4, -0.2) is 10.1 Å². The Kier molecular flexibility index (Phi) is 4.68. The van der Waals surface area contributed by atoms with Crippen molar-refractivity contribution in [3.05, 3.63) is 29.6 Å². The van der Waals surface area contributed by atoms with E-state index in [2.05, 4.69) is 11.9 Å². The van der Waals surface area contributed by atoms with Crippen LogP contribution in [0.15, 0.2) is 18.3 Å². The molecule has 0 spiro atoms. The summed E-state index contributed by atoms with van der Waals surface area (Å²) in [6.07, 6.45) is 0.891. The molecule has 1 saturated carbocycles. The number of rotatable bonds is 3. The number of hydrogen-bond donors (Lipinski definition) is 1. The number of pyridine rings is 1. The number of aromatic nitrogens is 1. The van der Waals surface area contributed by atoms with Crippen LogP contribution in [0, 0.1) is 11.8 Å². The molecule has 0 amide bonds. The average Bonchev–Trinajstić information content (AvgIpc) is 2.45. The van der Waals surface area contributed by atoms with Crippen LogP contribution in [0.1, 0.15) is 56.4 Å². The number of nitrogens with zero attached hydrogens (tertiary/aromatic N) is 1. The van der Waals surface area contributed by atoms with E-state index in [1.54, 1.807) is 0 Å². The maximum Gasteiger partial charge on any atom is 0.417 e. The lowest BCUT2D eigenvalue weighted by Gasteiger charge is -2.34. The first-order valence-electron chi connectivity index (χ1n) is 7.14. The molecule has 20 heavy (non-hydrogen) atoms. The monoisotopic (exact) mass is 287 g/mol. The number of hydrogen-bond acceptors (Lipinski definition) is 2. The standard InChI is InChI=1S/C15H20F3NO/c1-2-10-5-3-4-6-12(10)14(20)13-8-7-11(9-19-13)15(16,17)18/h7-10,12,14,20H,2-6H2,1H3. The molecular formula is C15H20F3NO. The van der Waals surface area contributed by atoms with Crippen LogP contribution in [0.25, 0.3) is 0 Å². The molecule has 1 heterocycles. The van der Waals surface area contributed by atoms with Gasteiger partial charge in [-0.05, 0) is 30.4 Å². The van der Waals surface area contributed by atoms with Crippen molar-refractivity contribution in [1.82, 2.24) is 4.98 Å². The summed E-state index contributed by atoms with van der Waals surface area (Å²) in [5, 5.41) is 10.4. The van der Waals surface area contributed by atoms with Gasteiger partial charge in [-0.1, -0.05) is 32.6 Å². The van der Waals surface area contributed by atoms with Gasteiger partial charge in [0.25, 0.3) is 0 Å². The highest BCUT2D eigenvalue weighted by Gasteiger charge is 2.33. The SMILES string of the molecule is CCC1CCCCC1C(O)c1ccc(C(F)(F)F)cn1. The Morgan fingerprint density at radius 1 is 1.30 bits per heavy atom. The molecular weight excluding hydrogens is 267 g/mol. The van der Waals surface area contributed by atoms with Gasteiger partial charge in [-0.25, -0.2) is 0 Å². The van der Waals surface area contributed by atoms with Gasteiger partial charge in [0.2, 0.25) is 0 Å². The zero-order chi connectivity index (χ0) is 14.8. The second-order valence-electron chi connectivity index (χ2n) is 5.53. The summed E-state index contributed by atoms with van der Waals surface area (Å²) in [5.74, 6) is 0.542. The van der Waals surface area contributed by atoms with Gasteiger partial charge >= 0.3 is 6.18 Å². The molecule has 0 saturated heterocycles. The fraction of sp³-hybridized carbons (Fsp3) is 0.667. The highest BCUT2D eigenvalue weighted by molar-refractivity contribution is 5.18. The van der Waals surface area contributed by atoms with Crippen molar-refractivity contribution in [2.45, 2.75) is 51.3 Å². The number of aliphatic hydroxyl groups is 1. The van der Waals surface area contributed by atoms with Crippen LogP contribution in [0.3, 0.4) is 0 Å². The van der Waals surface area contributed by atoms with E-state index in [1.807, 2.05) is 0 Å². The molecule has 5 heteroatoms. The molecule has 1 aliphatic rings. The molecule has 3 atom stereocenters. The smallest absolute Gasteiger partial charge is 0.387 e. The second-order valence-corrected chi connectivity index (χ2v) is 5.53. The first-order valence-corrected chi connectivity index (χ1v) is 7.14. The molecule has 1 N–H and O–H groups in total. The van der Waals surface area contributed by atoms with E-state index in [0.717, 1.165) is 37.9 Å². The van der Waals surface area contributed by atoms with E-state index in [0.29, 0.717) is 11.6 Å². The molecule has 0 aromatic carbocycles. The van der Waals surface area contributed by atoms with Crippen molar-refractivity contribution in [2.75, 3.05) is 0 Å². The molecule has 3 unspecified atom stereocenters. The van der Waals surface area contributed by atoms with Crippen molar-refractivity contribution in [2.24, 2.45) is 11.8 Å². The van der Waals surface area contributed by atoms with E-state index in [9.17, 15) is 18.3 Å². The lowest BCUT2D eigenvalue weighted by atomic mass is 9.74. The first kappa shape index (κ1) is 15.3. The van der Waals surface area contributed by atoms with Crippen molar-refractivity contribution < 1.29 is 18.3 Å². The molecule has 2 nitrogen and oxygen atoms in total. The van der Waals surface area contributed by atoms with Crippen LogP contribution in [-0.2, 0) is 6.18 Å². The van der Waals surface area contributed by atoms with Gasteiger partial charge in [-0.3, -0.25) is 4.98 Å². The molecule has 1 aromatic rings. The third kappa shape index (κ3) is 3.32. The maximum absolute atomic E-state index is 12.5. The maximum atomic E-state index is 12.5. The topological polar surface area (TPSA) is 33.1 Å². The summed E-state index contributed by atoms with van der Waals surface area (Å²) in [4.78, 5) is 3.82. The zero-order valence-corrected chi connectivity index (χ0v) is 11.5. The predicted molar refractivity (Wildman–Crippen MR) is 69.9 cm³/mol. The molecule has 1 aromatic heterocycles. The fourth-order valence-corrected chi connectivity index (χ4v) is 3.13. The minimum absolute atomic E-state index is 0.109. The third-order valence-electron chi connectivity index (χ3n) is 4.31. The number of aliphatic hydroxyl groups excluding tert-OH is 1. The number of halogens is 3. The second kappa shape index (κ2) is 6.12. The zero-order valence-electron chi connectivity index (χ0n) is 11.5. The average molecular weight is 287 g/mol. The predicted octanol–water partition coefficient (Wildman–Crippen LogP) is 4.35. The quantitative estimate of drug-likeness (QED) is 0.896. The van der Waals surface area contributed by atoms with Crippen LogP contribution in [0.2, 0.25) is 0 Å². The van der Waals surface area contributed by atoms with Crippen molar-refractivity contribution in [3.8, 4) is 0 Å². The van der Waals surface area contributed by atoms with E-state index in [4.69, 9.17) is 0 Å². The van der Waals surface area contributed by atoms with Gasteiger partial charge in [0.1, 0.15) is 0 Å². The van der Waals surface area contributed by atoms with E-state index in [1.165, 1.54) is 12.5 Å². The Balaban J connectivity index is 2.14. The van der Waals surface area contributed by atoms with Crippen molar-refractivity contribution in [1.29, 1.82) is 0 Å². The van der Waals surface area contributed by atoms with Crippen LogP contribution >= 0.6 is 0 Å². The van der Waals surface area contributed by atoms with Gasteiger partial charge in [0, 0.05) is 6.20 Å². The van der Waals surface area contributed by atoms with Gasteiger partial charge in [0.15, 0.2) is 0 Å². The largest absolute Gasteiger partial charge is 0.417 e. The van der Waals surface area contributed by atoms with Gasteiger partial charge < -0.3 is 5.11 Å². The highest BCUT2D eigenvalue weighted by atomic mass is 19.4. The van der Waals surface area contributed by atoms with Crippen LogP contribution < -0.4 is 0 Å². The molecule has 0 radical (unpaired) electrons. The Morgan fingerprint density at radius 2 is 2.00 bits per heavy atom. The van der Waals surface area contributed by atoms with Crippen molar-refractivity contribution in [3.63, 3.8) is 0 Å². The normalized spacial score (nSPS) is 25.4. The summed E-state index contributed by atoms with van der Waals surface area (Å²) in [6, 6.07) is 2.30. The number of alkyl halides is 3. The Labute approximate surface area is 117 Å². The fourth-order valence-electron chi connectivity index (χ4n) is 3.13. The van der Waals surface area contributed by atoms with Gasteiger partial charge in [0.05, 0.1) is 17.4 Å². The van der Waals surface area contributed by atoms with Gasteiger partial charge in [-0.15, -0.1) is 0 Å². The van der Waals surface area contributed by atoms with Gasteiger partial charge in [-0.2, -0.15) is 13.2 Å². The van der Waals surface area contributed by atoms with Crippen molar-refractivity contribution >= 4 is 0 Å². The molecule has 1 fully saturated rings. The Bertz CT molecular complexity index is 430. The van der Waals surface area contributed by atoms with E-state index in [-0.39, 0.29) is 5.92 Å². The summed E-state index contributed by atoms with van der Waals surface area (Å²) >= 11 is 0. The molecule has 0 aliphatic heterocycles. The minimum atomic E-state index is -4.38. The summed E-state index contributed by atoms with van der Waals surface area (Å²) in [7, 11) is 0. The lowest BCUT2D eigenvalue weighted by molar-refractivity contribution is -0.137. The Morgan fingerprint density at radius 3 is 2.55 bits per heavy atom. The molecule has 112 valence electrons. The van der Waals surface area contributed by atoms with E-state index < -0.39 is 17.8 Å². The van der Waals surface area contributed by atoms with Crippen LogP contribution in [0.5, 0.6) is 0 Å². The third-order valence-corrected chi connectivity index (χ3v) is 4.31. The lowest BCUT2D eigenvalue weighted by Crippen LogP contribution is -2.26. The highest BCUT2D eigenvalue weighted by Crippen LogP contribution is 2.40. The summed E-state index contributed by atoms with van der Waals surface area (Å²) < 4.78 is 37.5. The summed E-state index contributed by atoms with van der Waals surface area (Å²) in [6.45, 7) is 2.09. The van der Waals surface area contributed by atoms with E-state index >= 15 is 0 Å². The molecule has 0 bridgehead atoms. The summed E-state index contributed by atoms with van der Waals surface area (Å²) in [5.41, 5.74) is -0.424. The first-order chi connectivity index (χ1) is 9.43. The minimum Gasteiger partial charge on any atom is -0.387 e. The van der Waals surface area contributed by atoms with Crippen LogP contribution in [0.4, 0.5) is 13.2 Å². The Hall–Kier alpha value is -1.10. The molecule has 1 aliphatic carbocycles.